The second-order valence-corrected chi connectivity index (χ2v) is 5.89. The predicted molar refractivity (Wildman–Crippen MR) is 96.9 cm³/mol. The SMILES string of the molecule is C[C@@H](OC(=O)CCC(=O)c1ccccc1)c1nc2ccccc2c(=O)[nH]1. The first-order chi connectivity index (χ1) is 12.5. The van der Waals surface area contributed by atoms with Gasteiger partial charge in [-0.15, -0.1) is 0 Å². The summed E-state index contributed by atoms with van der Waals surface area (Å²) >= 11 is 0. The molecule has 1 N–H and O–H groups in total. The van der Waals surface area contributed by atoms with Gasteiger partial charge in [-0.3, -0.25) is 14.4 Å². The Balaban J connectivity index is 1.62. The second kappa shape index (κ2) is 7.74. The number of aromatic nitrogens is 2. The molecule has 1 atom stereocenters. The molecule has 0 amide bonds. The van der Waals surface area contributed by atoms with E-state index in [-0.39, 0.29) is 30.0 Å². The van der Waals surface area contributed by atoms with E-state index in [9.17, 15) is 14.4 Å². The van der Waals surface area contributed by atoms with E-state index in [4.69, 9.17) is 4.74 Å². The highest BCUT2D eigenvalue weighted by Crippen LogP contribution is 2.16. The number of aromatic amines is 1. The third-order valence-corrected chi connectivity index (χ3v) is 3.98. The highest BCUT2D eigenvalue weighted by molar-refractivity contribution is 5.97. The molecule has 3 aromatic rings. The Bertz CT molecular complexity index is 995. The van der Waals surface area contributed by atoms with Crippen LogP contribution in [-0.4, -0.2) is 21.7 Å². The lowest BCUT2D eigenvalue weighted by molar-refractivity contribution is -0.148. The first kappa shape index (κ1) is 17.5. The average molecular weight is 350 g/mol. The Hall–Kier alpha value is -3.28. The quantitative estimate of drug-likeness (QED) is 0.545. The summed E-state index contributed by atoms with van der Waals surface area (Å²) in [4.78, 5) is 43.1. The maximum Gasteiger partial charge on any atom is 0.306 e. The van der Waals surface area contributed by atoms with Crippen LogP contribution in [0.5, 0.6) is 0 Å². The molecule has 0 unspecified atom stereocenters. The summed E-state index contributed by atoms with van der Waals surface area (Å²) in [6, 6.07) is 15.7. The molecule has 0 saturated heterocycles. The highest BCUT2D eigenvalue weighted by atomic mass is 16.5. The first-order valence-corrected chi connectivity index (χ1v) is 8.31. The number of Topliss-reactive ketones (excluding diaryl/α,β-unsaturated/α-hetero) is 1. The molecule has 0 bridgehead atoms. The Morgan fingerprint density at radius 2 is 1.73 bits per heavy atom. The predicted octanol–water partition coefficient (Wildman–Crippen LogP) is 3.19. The van der Waals surface area contributed by atoms with Crippen LogP contribution >= 0.6 is 0 Å². The van der Waals surface area contributed by atoms with E-state index in [2.05, 4.69) is 9.97 Å². The van der Waals surface area contributed by atoms with Gasteiger partial charge in [0, 0.05) is 12.0 Å². The van der Waals surface area contributed by atoms with Crippen LogP contribution in [0.4, 0.5) is 0 Å². The molecule has 1 aromatic heterocycles. The molecule has 0 saturated carbocycles. The zero-order valence-corrected chi connectivity index (χ0v) is 14.3. The number of hydrogen-bond acceptors (Lipinski definition) is 5. The number of fused-ring (bicyclic) bond motifs is 1. The molecule has 6 nitrogen and oxygen atoms in total. The Kier molecular flexibility index (Phi) is 5.22. The third-order valence-electron chi connectivity index (χ3n) is 3.98. The minimum atomic E-state index is -0.716. The molecule has 0 fully saturated rings. The van der Waals surface area contributed by atoms with E-state index < -0.39 is 12.1 Å². The summed E-state index contributed by atoms with van der Waals surface area (Å²) in [5.41, 5.74) is 0.815. The lowest BCUT2D eigenvalue weighted by Gasteiger charge is -2.13. The smallest absolute Gasteiger partial charge is 0.306 e. The summed E-state index contributed by atoms with van der Waals surface area (Å²) in [5.74, 6) is -0.360. The number of H-pyrrole nitrogens is 1. The Labute approximate surface area is 149 Å². The summed E-state index contributed by atoms with van der Waals surface area (Å²) in [6.07, 6.45) is -0.681. The summed E-state index contributed by atoms with van der Waals surface area (Å²) in [6.45, 7) is 1.63. The van der Waals surface area contributed by atoms with Gasteiger partial charge in [-0.05, 0) is 19.1 Å². The zero-order chi connectivity index (χ0) is 18.5. The van der Waals surface area contributed by atoms with Crippen molar-refractivity contribution in [3.05, 3.63) is 76.3 Å². The van der Waals surface area contributed by atoms with Gasteiger partial charge in [-0.2, -0.15) is 0 Å². The number of nitrogens with one attached hydrogen (secondary N) is 1. The van der Waals surface area contributed by atoms with Crippen molar-refractivity contribution in [2.45, 2.75) is 25.9 Å². The third kappa shape index (κ3) is 4.03. The normalized spacial score (nSPS) is 11.9. The molecule has 0 aliphatic heterocycles. The van der Waals surface area contributed by atoms with Gasteiger partial charge in [0.15, 0.2) is 17.7 Å². The van der Waals surface area contributed by atoms with Crippen molar-refractivity contribution in [1.82, 2.24) is 9.97 Å². The minimum absolute atomic E-state index is 0.0319. The van der Waals surface area contributed by atoms with Crippen LogP contribution in [-0.2, 0) is 9.53 Å². The van der Waals surface area contributed by atoms with Crippen molar-refractivity contribution in [1.29, 1.82) is 0 Å². The molecule has 1 heterocycles. The van der Waals surface area contributed by atoms with Crippen LogP contribution in [0, 0.1) is 0 Å². The fourth-order valence-electron chi connectivity index (χ4n) is 2.59. The fraction of sp³-hybridized carbons (Fsp3) is 0.200. The molecule has 0 spiro atoms. The first-order valence-electron chi connectivity index (χ1n) is 8.31. The molecular formula is C20H18N2O4. The number of ketones is 1. The number of benzene rings is 2. The molecule has 2 aromatic carbocycles. The van der Waals surface area contributed by atoms with Gasteiger partial charge in [0.1, 0.15) is 0 Å². The fourth-order valence-corrected chi connectivity index (χ4v) is 2.59. The van der Waals surface area contributed by atoms with Gasteiger partial charge in [0.2, 0.25) is 0 Å². The monoisotopic (exact) mass is 350 g/mol. The van der Waals surface area contributed by atoms with Gasteiger partial charge in [-0.1, -0.05) is 42.5 Å². The van der Waals surface area contributed by atoms with Crippen LogP contribution in [0.3, 0.4) is 0 Å². The maximum absolute atomic E-state index is 12.1. The highest BCUT2D eigenvalue weighted by Gasteiger charge is 2.17. The van der Waals surface area contributed by atoms with Gasteiger partial charge >= 0.3 is 5.97 Å². The topological polar surface area (TPSA) is 89.1 Å². The van der Waals surface area contributed by atoms with Crippen molar-refractivity contribution in [2.24, 2.45) is 0 Å². The molecule has 6 heteroatoms. The summed E-state index contributed by atoms with van der Waals surface area (Å²) in [5, 5.41) is 0.475. The number of rotatable bonds is 6. The van der Waals surface area contributed by atoms with Crippen molar-refractivity contribution in [3.8, 4) is 0 Å². The van der Waals surface area contributed by atoms with Gasteiger partial charge in [0.25, 0.3) is 5.56 Å². The molecule has 0 radical (unpaired) electrons. The number of ether oxygens (including phenoxy) is 1. The van der Waals surface area contributed by atoms with Crippen molar-refractivity contribution in [2.75, 3.05) is 0 Å². The van der Waals surface area contributed by atoms with E-state index in [1.54, 1.807) is 55.5 Å². The number of carbonyl (C=O) groups excluding carboxylic acids is 2. The van der Waals surface area contributed by atoms with Crippen molar-refractivity contribution >= 4 is 22.7 Å². The van der Waals surface area contributed by atoms with Gasteiger partial charge in [0.05, 0.1) is 17.3 Å². The number of para-hydroxylation sites is 1. The summed E-state index contributed by atoms with van der Waals surface area (Å²) in [7, 11) is 0. The van der Waals surface area contributed by atoms with Crippen LogP contribution in [0.15, 0.2) is 59.4 Å². The molecule has 3 rings (SSSR count). The molecule has 26 heavy (non-hydrogen) atoms. The zero-order valence-electron chi connectivity index (χ0n) is 14.3. The van der Waals surface area contributed by atoms with E-state index in [1.165, 1.54) is 0 Å². The largest absolute Gasteiger partial charge is 0.454 e. The number of carbonyl (C=O) groups is 2. The van der Waals surface area contributed by atoms with Crippen LogP contribution < -0.4 is 5.56 Å². The number of esters is 1. The Morgan fingerprint density at radius 1 is 1.04 bits per heavy atom. The lowest BCUT2D eigenvalue weighted by atomic mass is 10.1. The van der Waals surface area contributed by atoms with E-state index >= 15 is 0 Å². The Morgan fingerprint density at radius 3 is 2.50 bits per heavy atom. The molecule has 0 aliphatic rings. The molecule has 132 valence electrons. The lowest BCUT2D eigenvalue weighted by Crippen LogP contribution is -2.17. The number of hydrogen-bond donors (Lipinski definition) is 1. The van der Waals surface area contributed by atoms with Crippen LogP contribution in [0.1, 0.15) is 42.1 Å². The van der Waals surface area contributed by atoms with Crippen molar-refractivity contribution in [3.63, 3.8) is 0 Å². The average Bonchev–Trinajstić information content (AvgIpc) is 2.66. The number of nitrogens with zero attached hydrogens (tertiary/aromatic N) is 1. The maximum atomic E-state index is 12.1. The van der Waals surface area contributed by atoms with Crippen LogP contribution in [0.25, 0.3) is 10.9 Å². The molecule has 0 aliphatic carbocycles. The van der Waals surface area contributed by atoms with E-state index in [1.807, 2.05) is 6.07 Å². The summed E-state index contributed by atoms with van der Waals surface area (Å²) < 4.78 is 5.30. The van der Waals surface area contributed by atoms with Gasteiger partial charge < -0.3 is 9.72 Å². The second-order valence-electron chi connectivity index (χ2n) is 5.89. The molecular weight excluding hydrogens is 332 g/mol. The van der Waals surface area contributed by atoms with E-state index in [0.29, 0.717) is 16.5 Å². The standard InChI is InChI=1S/C20H18N2O4/c1-13(19-21-16-10-6-5-9-15(16)20(25)22-19)26-18(24)12-11-17(23)14-7-3-2-4-8-14/h2-10,13H,11-12H2,1H3,(H,21,22,25)/t13-/m1/s1. The van der Waals surface area contributed by atoms with Crippen LogP contribution in [0.2, 0.25) is 0 Å². The van der Waals surface area contributed by atoms with Crippen molar-refractivity contribution < 1.29 is 14.3 Å². The van der Waals surface area contributed by atoms with E-state index in [0.717, 1.165) is 0 Å². The van der Waals surface area contributed by atoms with Gasteiger partial charge in [-0.25, -0.2) is 4.98 Å². The minimum Gasteiger partial charge on any atom is -0.454 e.